The number of halogens is 1. The number of benzene rings is 1. The highest BCUT2D eigenvalue weighted by Crippen LogP contribution is 2.23. The number of aromatic hydroxyl groups is 1. The Morgan fingerprint density at radius 2 is 2.10 bits per heavy atom. The normalized spacial score (nSPS) is 15.9. The molecule has 0 unspecified atom stereocenters. The van der Waals surface area contributed by atoms with E-state index in [0.29, 0.717) is 24.8 Å². The molecule has 0 bridgehead atoms. The molecule has 116 valence electrons. The van der Waals surface area contributed by atoms with Gasteiger partial charge >= 0.3 is 0 Å². The number of ether oxygens (including phenoxy) is 1. The van der Waals surface area contributed by atoms with Gasteiger partial charge in [0.15, 0.2) is 0 Å². The number of phenolic OH excluding ortho intramolecular Hbond substituents is 1. The highest BCUT2D eigenvalue weighted by atomic mass is 35.5. The molecule has 0 aliphatic heterocycles. The maximum absolute atomic E-state index is 11.9. The Morgan fingerprint density at radius 1 is 1.33 bits per heavy atom. The van der Waals surface area contributed by atoms with Crippen LogP contribution in [0.2, 0.25) is 5.02 Å². The number of rotatable bonds is 6. The lowest BCUT2D eigenvalue weighted by Gasteiger charge is -2.21. The Labute approximate surface area is 130 Å². The smallest absolute Gasteiger partial charge is 0.251 e. The Balaban J connectivity index is 1.63. The molecular formula is C16H22ClNO3. The molecule has 2 rings (SSSR count). The third-order valence-corrected chi connectivity index (χ3v) is 4.03. The number of carbonyl (C=O) groups excluding carboxylic acids is 1. The van der Waals surface area contributed by atoms with Crippen molar-refractivity contribution in [2.45, 2.75) is 44.6 Å². The Bertz CT molecular complexity index is 473. The summed E-state index contributed by atoms with van der Waals surface area (Å²) in [6, 6.07) is 4.43. The largest absolute Gasteiger partial charge is 0.506 e. The number of amides is 1. The fourth-order valence-electron chi connectivity index (χ4n) is 2.51. The molecule has 1 fully saturated rings. The highest BCUT2D eigenvalue weighted by Gasteiger charge is 2.13. The van der Waals surface area contributed by atoms with Crippen LogP contribution in [0.5, 0.6) is 5.75 Å². The van der Waals surface area contributed by atoms with Gasteiger partial charge in [0, 0.05) is 18.7 Å². The molecule has 1 aromatic carbocycles. The van der Waals surface area contributed by atoms with Crippen molar-refractivity contribution in [3.63, 3.8) is 0 Å². The van der Waals surface area contributed by atoms with Gasteiger partial charge in [-0.3, -0.25) is 4.79 Å². The number of carbonyl (C=O) groups is 1. The molecule has 1 amide bonds. The molecule has 1 aliphatic rings. The Morgan fingerprint density at radius 3 is 2.81 bits per heavy atom. The van der Waals surface area contributed by atoms with Crippen LogP contribution in [0.15, 0.2) is 18.2 Å². The maximum atomic E-state index is 11.9. The number of hydrogen-bond donors (Lipinski definition) is 2. The second kappa shape index (κ2) is 8.25. The molecule has 0 saturated heterocycles. The molecule has 0 heterocycles. The minimum Gasteiger partial charge on any atom is -0.506 e. The summed E-state index contributed by atoms with van der Waals surface area (Å²) < 4.78 is 5.80. The SMILES string of the molecule is O=C(NCCCOC1CCCCC1)c1ccc(O)c(Cl)c1. The fourth-order valence-corrected chi connectivity index (χ4v) is 2.69. The van der Waals surface area contributed by atoms with Crippen LogP contribution in [-0.2, 0) is 4.74 Å². The first-order valence-corrected chi connectivity index (χ1v) is 7.93. The fraction of sp³-hybridized carbons (Fsp3) is 0.562. The predicted octanol–water partition coefficient (Wildman–Crippen LogP) is 3.51. The Kier molecular flexibility index (Phi) is 6.33. The van der Waals surface area contributed by atoms with Crippen molar-refractivity contribution in [2.24, 2.45) is 0 Å². The van der Waals surface area contributed by atoms with Gasteiger partial charge in [-0.05, 0) is 37.5 Å². The Hall–Kier alpha value is -1.26. The molecule has 2 N–H and O–H groups in total. The average molecular weight is 312 g/mol. The molecular weight excluding hydrogens is 290 g/mol. The quantitative estimate of drug-likeness (QED) is 0.790. The maximum Gasteiger partial charge on any atom is 0.251 e. The molecule has 0 radical (unpaired) electrons. The average Bonchev–Trinajstić information content (AvgIpc) is 2.50. The molecule has 1 saturated carbocycles. The van der Waals surface area contributed by atoms with Crippen LogP contribution in [0.1, 0.15) is 48.9 Å². The van der Waals surface area contributed by atoms with Crippen molar-refractivity contribution >= 4 is 17.5 Å². The van der Waals surface area contributed by atoms with Crippen molar-refractivity contribution in [1.29, 1.82) is 0 Å². The second-order valence-electron chi connectivity index (χ2n) is 5.41. The van der Waals surface area contributed by atoms with Crippen LogP contribution in [0, 0.1) is 0 Å². The lowest BCUT2D eigenvalue weighted by molar-refractivity contribution is 0.0273. The summed E-state index contributed by atoms with van der Waals surface area (Å²) in [6.45, 7) is 1.26. The lowest BCUT2D eigenvalue weighted by atomic mass is 9.98. The molecule has 0 spiro atoms. The first-order valence-electron chi connectivity index (χ1n) is 7.55. The van der Waals surface area contributed by atoms with Crippen molar-refractivity contribution in [3.8, 4) is 5.75 Å². The molecule has 1 aliphatic carbocycles. The van der Waals surface area contributed by atoms with Gasteiger partial charge in [-0.1, -0.05) is 30.9 Å². The summed E-state index contributed by atoms with van der Waals surface area (Å²) in [5, 5.41) is 12.3. The van der Waals surface area contributed by atoms with Crippen molar-refractivity contribution in [3.05, 3.63) is 28.8 Å². The second-order valence-corrected chi connectivity index (χ2v) is 5.81. The topological polar surface area (TPSA) is 58.6 Å². The van der Waals surface area contributed by atoms with Gasteiger partial charge in [-0.15, -0.1) is 0 Å². The van der Waals surface area contributed by atoms with Gasteiger partial charge in [-0.2, -0.15) is 0 Å². The first-order chi connectivity index (χ1) is 10.2. The van der Waals surface area contributed by atoms with Crippen LogP contribution in [0.25, 0.3) is 0 Å². The standard InChI is InChI=1S/C16H22ClNO3/c17-14-11-12(7-8-15(14)19)16(20)18-9-4-10-21-13-5-2-1-3-6-13/h7-8,11,13,19H,1-6,9-10H2,(H,18,20). The van der Waals surface area contributed by atoms with Gasteiger partial charge in [0.25, 0.3) is 5.91 Å². The number of nitrogens with one attached hydrogen (secondary N) is 1. The van der Waals surface area contributed by atoms with Crippen LogP contribution in [0.3, 0.4) is 0 Å². The van der Waals surface area contributed by atoms with Crippen LogP contribution in [-0.4, -0.2) is 30.3 Å². The van der Waals surface area contributed by atoms with Gasteiger partial charge in [0.05, 0.1) is 11.1 Å². The van der Waals surface area contributed by atoms with E-state index < -0.39 is 0 Å². The van der Waals surface area contributed by atoms with Gasteiger partial charge in [0.1, 0.15) is 5.75 Å². The van der Waals surface area contributed by atoms with E-state index in [9.17, 15) is 9.90 Å². The van der Waals surface area contributed by atoms with Crippen LogP contribution < -0.4 is 5.32 Å². The molecule has 1 aromatic rings. The van der Waals surface area contributed by atoms with E-state index in [1.165, 1.54) is 44.2 Å². The zero-order valence-corrected chi connectivity index (χ0v) is 12.9. The zero-order valence-electron chi connectivity index (χ0n) is 12.1. The van der Waals surface area contributed by atoms with Gasteiger partial charge in [-0.25, -0.2) is 0 Å². The van der Waals surface area contributed by atoms with Crippen molar-refractivity contribution < 1.29 is 14.6 Å². The third-order valence-electron chi connectivity index (χ3n) is 3.72. The van der Waals surface area contributed by atoms with E-state index >= 15 is 0 Å². The summed E-state index contributed by atoms with van der Waals surface area (Å²) >= 11 is 5.78. The molecule has 0 aromatic heterocycles. The third kappa shape index (κ3) is 5.21. The van der Waals surface area contributed by atoms with E-state index in [4.69, 9.17) is 16.3 Å². The van der Waals surface area contributed by atoms with Crippen molar-refractivity contribution in [2.75, 3.05) is 13.2 Å². The van der Waals surface area contributed by atoms with E-state index in [1.807, 2.05) is 0 Å². The summed E-state index contributed by atoms with van der Waals surface area (Å²) in [5.74, 6) is -0.205. The minimum atomic E-state index is -0.186. The first kappa shape index (κ1) is 16.1. The minimum absolute atomic E-state index is 0.0194. The van der Waals surface area contributed by atoms with E-state index in [1.54, 1.807) is 6.07 Å². The summed E-state index contributed by atoms with van der Waals surface area (Å²) in [5.41, 5.74) is 0.450. The van der Waals surface area contributed by atoms with Crippen LogP contribution in [0.4, 0.5) is 0 Å². The molecule has 21 heavy (non-hydrogen) atoms. The van der Waals surface area contributed by atoms with Crippen LogP contribution >= 0.6 is 11.6 Å². The summed E-state index contributed by atoms with van der Waals surface area (Å²) in [7, 11) is 0. The molecule has 5 heteroatoms. The molecule has 4 nitrogen and oxygen atoms in total. The van der Waals surface area contributed by atoms with E-state index in [0.717, 1.165) is 6.42 Å². The summed E-state index contributed by atoms with van der Waals surface area (Å²) in [6.07, 6.45) is 7.40. The predicted molar refractivity (Wildman–Crippen MR) is 82.9 cm³/mol. The highest BCUT2D eigenvalue weighted by molar-refractivity contribution is 6.32. The number of hydrogen-bond acceptors (Lipinski definition) is 3. The zero-order chi connectivity index (χ0) is 15.1. The van der Waals surface area contributed by atoms with E-state index in [2.05, 4.69) is 5.32 Å². The molecule has 0 atom stereocenters. The van der Waals surface area contributed by atoms with Gasteiger partial charge in [0.2, 0.25) is 0 Å². The van der Waals surface area contributed by atoms with E-state index in [-0.39, 0.29) is 16.7 Å². The monoisotopic (exact) mass is 311 g/mol. The number of phenols is 1. The summed E-state index contributed by atoms with van der Waals surface area (Å²) in [4.78, 5) is 11.9. The van der Waals surface area contributed by atoms with Gasteiger partial charge < -0.3 is 15.2 Å². The van der Waals surface area contributed by atoms with Crippen molar-refractivity contribution in [1.82, 2.24) is 5.32 Å². The lowest BCUT2D eigenvalue weighted by Crippen LogP contribution is -2.26.